The molecule has 2 rings (SSSR count). The molecule has 19 heavy (non-hydrogen) atoms. The molecule has 1 amide bonds. The molecule has 0 bridgehead atoms. The van der Waals surface area contributed by atoms with Crippen LogP contribution in [0.5, 0.6) is 0 Å². The van der Waals surface area contributed by atoms with Gasteiger partial charge in [-0.3, -0.25) is 9.36 Å². The average Bonchev–Trinajstić information content (AvgIpc) is 2.94. The van der Waals surface area contributed by atoms with Gasteiger partial charge in [0.15, 0.2) is 15.6 Å². The van der Waals surface area contributed by atoms with Gasteiger partial charge < -0.3 is 10.2 Å². The number of rotatable bonds is 6. The predicted molar refractivity (Wildman–Crippen MR) is 75.5 cm³/mol. The third kappa shape index (κ3) is 3.27. The first kappa shape index (κ1) is 13.9. The van der Waals surface area contributed by atoms with Crippen LogP contribution < -0.4 is 5.73 Å². The minimum Gasteiger partial charge on any atom is -0.446 e. The van der Waals surface area contributed by atoms with E-state index in [1.807, 2.05) is 4.57 Å². The summed E-state index contributed by atoms with van der Waals surface area (Å²) in [4.78, 5) is 10.8. The Bertz CT molecular complexity index is 608. The lowest BCUT2D eigenvalue weighted by Crippen LogP contribution is -2.13. The van der Waals surface area contributed by atoms with Crippen LogP contribution in [0.1, 0.15) is 0 Å². The number of allylic oxidation sites excluding steroid dienone is 1. The Morgan fingerprint density at radius 3 is 2.95 bits per heavy atom. The highest BCUT2D eigenvalue weighted by atomic mass is 79.9. The molecular formula is C11H11BrN4O2S. The number of amides is 1. The molecule has 0 aromatic carbocycles. The van der Waals surface area contributed by atoms with E-state index in [2.05, 4.69) is 32.7 Å². The summed E-state index contributed by atoms with van der Waals surface area (Å²) in [6, 6.07) is 3.56. The molecule has 0 aliphatic heterocycles. The van der Waals surface area contributed by atoms with Gasteiger partial charge in [-0.1, -0.05) is 17.8 Å². The van der Waals surface area contributed by atoms with Crippen molar-refractivity contribution >= 4 is 33.6 Å². The Labute approximate surface area is 122 Å². The molecule has 2 heterocycles. The van der Waals surface area contributed by atoms with Crippen molar-refractivity contribution in [2.75, 3.05) is 5.75 Å². The van der Waals surface area contributed by atoms with Gasteiger partial charge in [0.25, 0.3) is 0 Å². The molecule has 6 nitrogen and oxygen atoms in total. The van der Waals surface area contributed by atoms with E-state index < -0.39 is 5.91 Å². The number of primary amides is 1. The summed E-state index contributed by atoms with van der Waals surface area (Å²) in [5.74, 6) is 0.919. The summed E-state index contributed by atoms with van der Waals surface area (Å²) in [7, 11) is 0. The van der Waals surface area contributed by atoms with Crippen molar-refractivity contribution in [1.29, 1.82) is 0 Å². The molecule has 2 aromatic rings. The number of halogens is 1. The average molecular weight is 343 g/mol. The molecule has 0 atom stereocenters. The molecular weight excluding hydrogens is 332 g/mol. The molecule has 2 N–H and O–H groups in total. The van der Waals surface area contributed by atoms with Gasteiger partial charge in [-0.05, 0) is 28.1 Å². The van der Waals surface area contributed by atoms with Crippen LogP contribution in [0.4, 0.5) is 0 Å². The summed E-state index contributed by atoms with van der Waals surface area (Å²) in [6.45, 7) is 4.21. The van der Waals surface area contributed by atoms with Crippen LogP contribution >= 0.6 is 27.7 Å². The van der Waals surface area contributed by atoms with Gasteiger partial charge in [0, 0.05) is 6.54 Å². The molecule has 0 aliphatic rings. The van der Waals surface area contributed by atoms with Crippen LogP contribution in [0, 0.1) is 0 Å². The van der Waals surface area contributed by atoms with E-state index in [9.17, 15) is 4.79 Å². The number of furan rings is 1. The van der Waals surface area contributed by atoms with E-state index in [-0.39, 0.29) is 5.75 Å². The second-order valence-corrected chi connectivity index (χ2v) is 5.29. The number of nitrogens with zero attached hydrogens (tertiary/aromatic N) is 3. The lowest BCUT2D eigenvalue weighted by Gasteiger charge is -2.04. The summed E-state index contributed by atoms with van der Waals surface area (Å²) in [5, 5.41) is 8.71. The zero-order chi connectivity index (χ0) is 13.8. The highest BCUT2D eigenvalue weighted by Crippen LogP contribution is 2.27. The highest BCUT2D eigenvalue weighted by Gasteiger charge is 2.16. The molecule has 0 spiro atoms. The van der Waals surface area contributed by atoms with Crippen LogP contribution in [0.15, 0.2) is 39.0 Å². The number of hydrogen-bond donors (Lipinski definition) is 1. The van der Waals surface area contributed by atoms with E-state index in [4.69, 9.17) is 10.2 Å². The highest BCUT2D eigenvalue weighted by molar-refractivity contribution is 9.10. The first-order valence-electron chi connectivity index (χ1n) is 5.32. The van der Waals surface area contributed by atoms with Crippen molar-refractivity contribution < 1.29 is 9.21 Å². The fourth-order valence-electron chi connectivity index (χ4n) is 1.44. The van der Waals surface area contributed by atoms with Crippen LogP contribution in [0.25, 0.3) is 11.6 Å². The maximum Gasteiger partial charge on any atom is 0.227 e. The largest absolute Gasteiger partial charge is 0.446 e. The minimum absolute atomic E-state index is 0.150. The number of carbonyl (C=O) groups is 1. The number of nitrogens with two attached hydrogens (primary N) is 1. The van der Waals surface area contributed by atoms with Gasteiger partial charge in [0.05, 0.1) is 5.75 Å². The van der Waals surface area contributed by atoms with Gasteiger partial charge in [-0.15, -0.1) is 16.8 Å². The first-order chi connectivity index (χ1) is 9.11. The van der Waals surface area contributed by atoms with E-state index in [1.54, 1.807) is 18.2 Å². The zero-order valence-electron chi connectivity index (χ0n) is 9.88. The van der Waals surface area contributed by atoms with Crippen molar-refractivity contribution in [1.82, 2.24) is 14.8 Å². The predicted octanol–water partition coefficient (Wildman–Crippen LogP) is 2.06. The smallest absolute Gasteiger partial charge is 0.227 e. The molecule has 0 fully saturated rings. The fourth-order valence-corrected chi connectivity index (χ4v) is 2.43. The number of thioether (sulfide) groups is 1. The molecule has 2 aromatic heterocycles. The quantitative estimate of drug-likeness (QED) is 0.641. The van der Waals surface area contributed by atoms with Gasteiger partial charge in [0.2, 0.25) is 11.7 Å². The van der Waals surface area contributed by atoms with E-state index in [0.29, 0.717) is 28.0 Å². The fraction of sp³-hybridized carbons (Fsp3) is 0.182. The number of hydrogen-bond acceptors (Lipinski definition) is 5. The Morgan fingerprint density at radius 1 is 1.58 bits per heavy atom. The van der Waals surface area contributed by atoms with Crippen LogP contribution in [0.3, 0.4) is 0 Å². The number of carbonyl (C=O) groups excluding carboxylic acids is 1. The standard InChI is InChI=1S/C11H11BrN4O2S/c1-2-5-16-10(7-3-4-8(12)18-7)14-15-11(16)19-6-9(13)17/h2-4H,1,5-6H2,(H2,13,17). The third-order valence-corrected chi connectivity index (χ3v) is 3.58. The monoisotopic (exact) mass is 342 g/mol. The van der Waals surface area contributed by atoms with Gasteiger partial charge >= 0.3 is 0 Å². The van der Waals surface area contributed by atoms with E-state index >= 15 is 0 Å². The van der Waals surface area contributed by atoms with Gasteiger partial charge in [-0.2, -0.15) is 0 Å². The second-order valence-electron chi connectivity index (χ2n) is 3.56. The molecule has 0 radical (unpaired) electrons. The molecule has 0 unspecified atom stereocenters. The zero-order valence-corrected chi connectivity index (χ0v) is 12.3. The SMILES string of the molecule is C=CCn1c(SCC(N)=O)nnc1-c1ccc(Br)o1. The molecule has 100 valence electrons. The first-order valence-corrected chi connectivity index (χ1v) is 7.10. The molecule has 0 saturated heterocycles. The molecule has 0 aliphatic carbocycles. The van der Waals surface area contributed by atoms with E-state index in [0.717, 1.165) is 0 Å². The van der Waals surface area contributed by atoms with Gasteiger partial charge in [0.1, 0.15) is 0 Å². The second kappa shape index (κ2) is 6.07. The van der Waals surface area contributed by atoms with Crippen LogP contribution in [-0.4, -0.2) is 26.4 Å². The Morgan fingerprint density at radius 2 is 2.37 bits per heavy atom. The lowest BCUT2D eigenvalue weighted by atomic mass is 10.4. The summed E-state index contributed by atoms with van der Waals surface area (Å²) >= 11 is 4.47. The Balaban J connectivity index is 2.33. The van der Waals surface area contributed by atoms with Crippen molar-refractivity contribution in [3.8, 4) is 11.6 Å². The van der Waals surface area contributed by atoms with Gasteiger partial charge in [-0.25, -0.2) is 0 Å². The Kier molecular flexibility index (Phi) is 4.43. The summed E-state index contributed by atoms with van der Waals surface area (Å²) in [6.07, 6.45) is 1.72. The third-order valence-electron chi connectivity index (χ3n) is 2.17. The van der Waals surface area contributed by atoms with Crippen LogP contribution in [0.2, 0.25) is 0 Å². The molecule has 8 heteroatoms. The normalized spacial score (nSPS) is 10.6. The minimum atomic E-state index is -0.402. The van der Waals surface area contributed by atoms with E-state index in [1.165, 1.54) is 11.8 Å². The lowest BCUT2D eigenvalue weighted by molar-refractivity contribution is -0.115. The van der Waals surface area contributed by atoms with Crippen molar-refractivity contribution in [3.05, 3.63) is 29.5 Å². The summed E-state index contributed by atoms with van der Waals surface area (Å²) < 4.78 is 7.88. The summed E-state index contributed by atoms with van der Waals surface area (Å²) in [5.41, 5.74) is 5.12. The van der Waals surface area contributed by atoms with Crippen molar-refractivity contribution in [3.63, 3.8) is 0 Å². The number of aromatic nitrogens is 3. The maximum absolute atomic E-state index is 10.8. The van der Waals surface area contributed by atoms with Crippen molar-refractivity contribution in [2.45, 2.75) is 11.7 Å². The Hall–Kier alpha value is -1.54. The van der Waals surface area contributed by atoms with Crippen LogP contribution in [-0.2, 0) is 11.3 Å². The maximum atomic E-state index is 10.8. The van der Waals surface area contributed by atoms with Crippen molar-refractivity contribution in [2.24, 2.45) is 5.73 Å². The topological polar surface area (TPSA) is 86.9 Å². The molecule has 0 saturated carbocycles.